The summed E-state index contributed by atoms with van der Waals surface area (Å²) in [4.78, 5) is 11.0. The monoisotopic (exact) mass is 153 g/mol. The van der Waals surface area contributed by atoms with Crippen LogP contribution in [0.1, 0.15) is 23.9 Å². The summed E-state index contributed by atoms with van der Waals surface area (Å²) in [6.07, 6.45) is 0. The van der Waals surface area contributed by atoms with Crippen LogP contribution in [-0.2, 0) is 4.79 Å². The highest BCUT2D eigenvalue weighted by molar-refractivity contribution is 5.81. The van der Waals surface area contributed by atoms with Crippen LogP contribution >= 0.6 is 0 Å². The van der Waals surface area contributed by atoms with Gasteiger partial charge in [0.1, 0.15) is 0 Å². The number of carbonyl (C=O) groups excluding carboxylic acids is 1. The molecule has 0 spiro atoms. The number of nitrogens with two attached hydrogens (primary N) is 1. The topological polar surface area (TPSA) is 43.1 Å². The Balaban J connectivity index is 3.45. The number of rotatable bonds is 2. The number of amides is 1. The largest absolute Gasteiger partial charge is 0.369 e. The van der Waals surface area contributed by atoms with Crippen molar-refractivity contribution >= 4 is 5.91 Å². The van der Waals surface area contributed by atoms with Crippen molar-refractivity contribution in [3.05, 3.63) is 35.8 Å². The Morgan fingerprint density at radius 3 is 2.64 bits per heavy atom. The fraction of sp³-hybridized carbons (Fsp3) is 0.222. The van der Waals surface area contributed by atoms with E-state index in [-0.39, 0.29) is 29.7 Å². The van der Waals surface area contributed by atoms with Gasteiger partial charge < -0.3 is 5.73 Å². The summed E-state index contributed by atoms with van der Waals surface area (Å²) in [6, 6.07) is 0.366. The molecule has 0 aromatic heterocycles. The van der Waals surface area contributed by atoms with Gasteiger partial charge >= 0.3 is 0 Å². The van der Waals surface area contributed by atoms with Crippen LogP contribution in [0.2, 0.25) is 0 Å². The van der Waals surface area contributed by atoms with Crippen LogP contribution < -0.4 is 5.73 Å². The van der Waals surface area contributed by atoms with E-state index in [0.29, 0.717) is 0 Å². The van der Waals surface area contributed by atoms with Crippen LogP contribution in [0.5, 0.6) is 0 Å². The third-order valence-electron chi connectivity index (χ3n) is 1.42. The third kappa shape index (κ3) is 1.80. The Morgan fingerprint density at radius 1 is 1.64 bits per heavy atom. The summed E-state index contributed by atoms with van der Waals surface area (Å²) in [5, 5.41) is 0. The first-order chi connectivity index (χ1) is 6.86. The van der Waals surface area contributed by atoms with Gasteiger partial charge in [-0.25, -0.2) is 0 Å². The second kappa shape index (κ2) is 3.19. The van der Waals surface area contributed by atoms with Crippen molar-refractivity contribution < 1.29 is 10.3 Å². The van der Waals surface area contributed by atoms with Gasteiger partial charge in [0, 0.05) is 0 Å². The Labute approximate surface area is 71.6 Å². The molecule has 0 aliphatic rings. The Morgan fingerprint density at radius 2 is 2.18 bits per heavy atom. The molecule has 0 bridgehead atoms. The molecule has 0 saturated heterocycles. The Hall–Kier alpha value is -1.31. The van der Waals surface area contributed by atoms with Gasteiger partial charge in [-0.1, -0.05) is 30.2 Å². The van der Waals surface area contributed by atoms with E-state index in [1.807, 2.05) is 0 Å². The number of benzene rings is 1. The molecule has 2 N–H and O–H groups in total. The Bertz CT molecular complexity index is 393. The SMILES string of the molecule is [2H]c1cc([2H])c([2H])c(C(C)C(N)=O)c1[2H]. The lowest BCUT2D eigenvalue weighted by Gasteiger charge is -2.05. The zero-order valence-corrected chi connectivity index (χ0v) is 6.14. The van der Waals surface area contributed by atoms with Crippen LogP contribution in [-0.4, -0.2) is 5.91 Å². The van der Waals surface area contributed by atoms with E-state index < -0.39 is 11.8 Å². The maximum atomic E-state index is 11.0. The van der Waals surface area contributed by atoms with E-state index in [9.17, 15) is 4.79 Å². The van der Waals surface area contributed by atoms with E-state index in [2.05, 4.69) is 0 Å². The Kier molecular flexibility index (Phi) is 1.13. The maximum Gasteiger partial charge on any atom is 0.224 e. The highest BCUT2D eigenvalue weighted by atomic mass is 16.1. The van der Waals surface area contributed by atoms with Crippen molar-refractivity contribution in [2.24, 2.45) is 5.73 Å². The van der Waals surface area contributed by atoms with E-state index in [0.717, 1.165) is 6.07 Å². The lowest BCUT2D eigenvalue weighted by molar-refractivity contribution is -0.119. The highest BCUT2D eigenvalue weighted by Gasteiger charge is 2.09. The average Bonchev–Trinajstić information content (AvgIpc) is 2.15. The van der Waals surface area contributed by atoms with Gasteiger partial charge in [-0.2, -0.15) is 0 Å². The summed E-state index contributed by atoms with van der Waals surface area (Å²) >= 11 is 0. The lowest BCUT2D eigenvalue weighted by Crippen LogP contribution is -2.18. The summed E-state index contributed by atoms with van der Waals surface area (Å²) < 4.78 is 29.9. The molecule has 0 aliphatic carbocycles. The van der Waals surface area contributed by atoms with Gasteiger partial charge in [0.2, 0.25) is 5.91 Å². The first-order valence-electron chi connectivity index (χ1n) is 5.22. The van der Waals surface area contributed by atoms with Gasteiger partial charge in [0.15, 0.2) is 0 Å². The van der Waals surface area contributed by atoms with Gasteiger partial charge in [-0.05, 0) is 12.5 Å². The van der Waals surface area contributed by atoms with Gasteiger partial charge in [0.25, 0.3) is 0 Å². The second-order valence-electron chi connectivity index (χ2n) is 2.22. The maximum absolute atomic E-state index is 11.0. The minimum Gasteiger partial charge on any atom is -0.369 e. The minimum atomic E-state index is -0.820. The molecule has 11 heavy (non-hydrogen) atoms. The molecule has 58 valence electrons. The quantitative estimate of drug-likeness (QED) is 0.683. The van der Waals surface area contributed by atoms with Crippen molar-refractivity contribution in [2.75, 3.05) is 0 Å². The summed E-state index contributed by atoms with van der Waals surface area (Å²) in [5.41, 5.74) is 5.13. The third-order valence-corrected chi connectivity index (χ3v) is 1.42. The van der Waals surface area contributed by atoms with Crippen LogP contribution in [0.3, 0.4) is 0 Å². The molecule has 0 heterocycles. The molecular weight excluding hydrogens is 138 g/mol. The molecule has 2 nitrogen and oxygen atoms in total. The lowest BCUT2D eigenvalue weighted by atomic mass is 10.0. The molecule has 1 aromatic rings. The van der Waals surface area contributed by atoms with E-state index in [1.165, 1.54) is 6.92 Å². The van der Waals surface area contributed by atoms with E-state index in [1.54, 1.807) is 0 Å². The number of primary amides is 1. The van der Waals surface area contributed by atoms with Crippen LogP contribution in [0.25, 0.3) is 0 Å². The smallest absolute Gasteiger partial charge is 0.224 e. The first kappa shape index (κ1) is 3.90. The molecule has 0 fully saturated rings. The normalized spacial score (nSPS) is 17.5. The minimum absolute atomic E-state index is 0.0556. The molecule has 2 heteroatoms. The zero-order valence-electron chi connectivity index (χ0n) is 10.1. The second-order valence-corrected chi connectivity index (χ2v) is 2.22. The average molecular weight is 153 g/mol. The summed E-state index contributed by atoms with van der Waals surface area (Å²) in [5.74, 6) is -1.48. The van der Waals surface area contributed by atoms with E-state index >= 15 is 0 Å². The molecular formula is C9H11NO. The van der Waals surface area contributed by atoms with Gasteiger partial charge in [-0.15, -0.1) is 0 Å². The zero-order chi connectivity index (χ0) is 11.7. The summed E-state index contributed by atoms with van der Waals surface area (Å²) in [7, 11) is 0. The number of hydrogen-bond acceptors (Lipinski definition) is 1. The predicted molar refractivity (Wildman–Crippen MR) is 44.1 cm³/mol. The van der Waals surface area contributed by atoms with Crippen molar-refractivity contribution in [2.45, 2.75) is 12.8 Å². The molecule has 1 atom stereocenters. The molecule has 1 rings (SSSR count). The van der Waals surface area contributed by atoms with Crippen molar-refractivity contribution in [1.29, 1.82) is 0 Å². The molecule has 1 unspecified atom stereocenters. The van der Waals surface area contributed by atoms with Crippen molar-refractivity contribution in [3.8, 4) is 0 Å². The summed E-state index contributed by atoms with van der Waals surface area (Å²) in [6.45, 7) is 1.46. The van der Waals surface area contributed by atoms with Crippen LogP contribution in [0.4, 0.5) is 0 Å². The molecule has 1 amide bonds. The number of hydrogen-bond donors (Lipinski definition) is 1. The van der Waals surface area contributed by atoms with Gasteiger partial charge in [-0.3, -0.25) is 4.79 Å². The predicted octanol–water partition coefficient (Wildman–Crippen LogP) is 1.28. The standard InChI is InChI=1S/C9H11NO/c1-7(9(10)11)8-5-3-2-4-6-8/h2-7H,1H3,(H2,10,11)/i3D,4D,5D,6D. The number of carbonyl (C=O) groups is 1. The van der Waals surface area contributed by atoms with E-state index in [4.69, 9.17) is 11.2 Å². The molecule has 0 radical (unpaired) electrons. The molecule has 0 saturated carbocycles. The first-order valence-corrected chi connectivity index (χ1v) is 3.22. The fourth-order valence-electron chi connectivity index (χ4n) is 0.654. The van der Waals surface area contributed by atoms with Crippen LogP contribution in [0.15, 0.2) is 30.2 Å². The van der Waals surface area contributed by atoms with Crippen LogP contribution in [0, 0.1) is 0 Å². The van der Waals surface area contributed by atoms with Crippen molar-refractivity contribution in [1.82, 2.24) is 0 Å². The van der Waals surface area contributed by atoms with Gasteiger partial charge in [0.05, 0.1) is 11.4 Å². The fourth-order valence-corrected chi connectivity index (χ4v) is 0.654. The van der Waals surface area contributed by atoms with Crippen molar-refractivity contribution in [3.63, 3.8) is 0 Å². The molecule has 1 aromatic carbocycles. The molecule has 0 aliphatic heterocycles. The highest BCUT2D eigenvalue weighted by Crippen LogP contribution is 2.12.